The number of ether oxygens (including phenoxy) is 1. The third-order valence-corrected chi connectivity index (χ3v) is 4.49. The van der Waals surface area contributed by atoms with Crippen LogP contribution in [0.5, 0.6) is 5.75 Å². The van der Waals surface area contributed by atoms with E-state index < -0.39 is 11.5 Å². The van der Waals surface area contributed by atoms with Crippen molar-refractivity contribution in [1.29, 1.82) is 0 Å². The van der Waals surface area contributed by atoms with Gasteiger partial charge in [0.2, 0.25) is 0 Å². The van der Waals surface area contributed by atoms with Crippen molar-refractivity contribution in [1.82, 2.24) is 25.4 Å². The van der Waals surface area contributed by atoms with Gasteiger partial charge in [-0.2, -0.15) is 5.10 Å². The Bertz CT molecular complexity index is 872. The van der Waals surface area contributed by atoms with Crippen molar-refractivity contribution in [2.45, 2.75) is 32.9 Å². The lowest BCUT2D eigenvalue weighted by Crippen LogP contribution is -2.35. The van der Waals surface area contributed by atoms with Crippen LogP contribution in [-0.2, 0) is 13.6 Å². The molecule has 1 aliphatic rings. The molecule has 0 radical (unpaired) electrons. The predicted octanol–water partition coefficient (Wildman–Crippen LogP) is 0.463. The van der Waals surface area contributed by atoms with Gasteiger partial charge >= 0.3 is 0 Å². The minimum Gasteiger partial charge on any atom is -0.489 e. The van der Waals surface area contributed by atoms with Crippen molar-refractivity contribution >= 4 is 5.91 Å². The third kappa shape index (κ3) is 3.91. The fourth-order valence-corrected chi connectivity index (χ4v) is 2.92. The fourth-order valence-electron chi connectivity index (χ4n) is 2.92. The average molecular weight is 357 g/mol. The second kappa shape index (κ2) is 7.65. The quantitative estimate of drug-likeness (QED) is 0.807. The predicted molar refractivity (Wildman–Crippen MR) is 96.3 cm³/mol. The first-order valence-corrected chi connectivity index (χ1v) is 8.60. The number of rotatable bonds is 5. The molecule has 3 rings (SSSR count). The lowest BCUT2D eigenvalue weighted by atomic mass is 10.1. The number of carbonyl (C=O) groups is 1. The SMILES string of the molecule is Cc1nn(C)c(=O)c(C(=O)NCc2cc(OC3CCNC3)ccn2)c1C. The number of aromatic nitrogens is 3. The zero-order valence-electron chi connectivity index (χ0n) is 15.2. The van der Waals surface area contributed by atoms with E-state index in [0.717, 1.165) is 25.3 Å². The molecule has 8 heteroatoms. The summed E-state index contributed by atoms with van der Waals surface area (Å²) in [6.45, 7) is 5.49. The Morgan fingerprint density at radius 3 is 3.00 bits per heavy atom. The highest BCUT2D eigenvalue weighted by atomic mass is 16.5. The van der Waals surface area contributed by atoms with Crippen LogP contribution < -0.4 is 20.9 Å². The van der Waals surface area contributed by atoms with Crippen LogP contribution in [0.3, 0.4) is 0 Å². The first kappa shape index (κ1) is 18.1. The second-order valence-corrected chi connectivity index (χ2v) is 6.41. The van der Waals surface area contributed by atoms with E-state index in [1.807, 2.05) is 0 Å². The molecular formula is C18H23N5O3. The molecule has 1 saturated heterocycles. The van der Waals surface area contributed by atoms with Crippen LogP contribution in [0.2, 0.25) is 0 Å². The maximum atomic E-state index is 12.5. The number of amides is 1. The smallest absolute Gasteiger partial charge is 0.279 e. The largest absolute Gasteiger partial charge is 0.489 e. The van der Waals surface area contributed by atoms with Gasteiger partial charge in [-0.3, -0.25) is 14.6 Å². The molecule has 2 aromatic rings. The van der Waals surface area contributed by atoms with Gasteiger partial charge in [-0.25, -0.2) is 4.68 Å². The zero-order valence-corrected chi connectivity index (χ0v) is 15.2. The fraction of sp³-hybridized carbons (Fsp3) is 0.444. The second-order valence-electron chi connectivity index (χ2n) is 6.41. The lowest BCUT2D eigenvalue weighted by molar-refractivity contribution is 0.0947. The number of carbonyl (C=O) groups excluding carboxylic acids is 1. The molecular weight excluding hydrogens is 334 g/mol. The molecule has 1 amide bonds. The normalized spacial score (nSPS) is 16.5. The van der Waals surface area contributed by atoms with Crippen LogP contribution in [-0.4, -0.2) is 39.9 Å². The highest BCUT2D eigenvalue weighted by Crippen LogP contribution is 2.15. The van der Waals surface area contributed by atoms with Crippen molar-refractivity contribution in [3.63, 3.8) is 0 Å². The van der Waals surface area contributed by atoms with E-state index in [-0.39, 0.29) is 18.2 Å². The monoisotopic (exact) mass is 357 g/mol. The van der Waals surface area contributed by atoms with E-state index in [9.17, 15) is 9.59 Å². The molecule has 1 atom stereocenters. The van der Waals surface area contributed by atoms with Crippen molar-refractivity contribution in [2.24, 2.45) is 7.05 Å². The Kier molecular flexibility index (Phi) is 5.32. The number of hydrogen-bond donors (Lipinski definition) is 2. The summed E-state index contributed by atoms with van der Waals surface area (Å²) in [6, 6.07) is 3.61. The molecule has 0 spiro atoms. The van der Waals surface area contributed by atoms with Gasteiger partial charge in [0, 0.05) is 25.9 Å². The van der Waals surface area contributed by atoms with Crippen molar-refractivity contribution < 1.29 is 9.53 Å². The first-order chi connectivity index (χ1) is 12.5. The molecule has 0 aromatic carbocycles. The van der Waals surface area contributed by atoms with Crippen molar-refractivity contribution in [3.05, 3.63) is 51.2 Å². The van der Waals surface area contributed by atoms with Gasteiger partial charge < -0.3 is 15.4 Å². The summed E-state index contributed by atoms with van der Waals surface area (Å²) in [4.78, 5) is 29.0. The van der Waals surface area contributed by atoms with Gasteiger partial charge in [0.25, 0.3) is 11.5 Å². The van der Waals surface area contributed by atoms with E-state index in [1.54, 1.807) is 32.2 Å². The molecule has 3 heterocycles. The molecule has 1 aliphatic heterocycles. The molecule has 1 fully saturated rings. The molecule has 0 saturated carbocycles. The molecule has 1 unspecified atom stereocenters. The van der Waals surface area contributed by atoms with Crippen LogP contribution >= 0.6 is 0 Å². The molecule has 2 aromatic heterocycles. The molecule has 0 bridgehead atoms. The van der Waals surface area contributed by atoms with Crippen molar-refractivity contribution in [2.75, 3.05) is 13.1 Å². The summed E-state index contributed by atoms with van der Waals surface area (Å²) >= 11 is 0. The molecule has 26 heavy (non-hydrogen) atoms. The Labute approximate surface area is 151 Å². The van der Waals surface area contributed by atoms with E-state index in [2.05, 4.69) is 20.7 Å². The van der Waals surface area contributed by atoms with E-state index in [1.165, 1.54) is 11.7 Å². The average Bonchev–Trinajstić information content (AvgIpc) is 3.12. The van der Waals surface area contributed by atoms with Gasteiger partial charge in [-0.1, -0.05) is 0 Å². The number of pyridine rings is 1. The Morgan fingerprint density at radius 2 is 2.27 bits per heavy atom. The maximum Gasteiger partial charge on any atom is 0.279 e. The summed E-state index contributed by atoms with van der Waals surface area (Å²) in [6.07, 6.45) is 2.78. The van der Waals surface area contributed by atoms with E-state index >= 15 is 0 Å². The van der Waals surface area contributed by atoms with Gasteiger partial charge in [-0.15, -0.1) is 0 Å². The standard InChI is InChI=1S/C18H23N5O3/c1-11-12(2)22-23(3)18(25)16(11)17(24)21-9-13-8-14(5-7-20-13)26-15-4-6-19-10-15/h5,7-8,15,19H,4,6,9-10H2,1-3H3,(H,21,24). The number of nitrogens with one attached hydrogen (secondary N) is 2. The Balaban J connectivity index is 1.69. The lowest BCUT2D eigenvalue weighted by Gasteiger charge is -2.13. The maximum absolute atomic E-state index is 12.5. The minimum atomic E-state index is -0.429. The van der Waals surface area contributed by atoms with Crippen LogP contribution in [0, 0.1) is 13.8 Å². The molecule has 138 valence electrons. The number of aryl methyl sites for hydroxylation is 2. The van der Waals surface area contributed by atoms with Crippen LogP contribution in [0.15, 0.2) is 23.1 Å². The Hall–Kier alpha value is -2.74. The van der Waals surface area contributed by atoms with Gasteiger partial charge in [0.15, 0.2) is 0 Å². The van der Waals surface area contributed by atoms with Gasteiger partial charge in [0.05, 0.1) is 17.9 Å². The topological polar surface area (TPSA) is 98.1 Å². The summed E-state index contributed by atoms with van der Waals surface area (Å²) in [5.41, 5.74) is 1.61. The highest BCUT2D eigenvalue weighted by Gasteiger charge is 2.18. The van der Waals surface area contributed by atoms with Gasteiger partial charge in [0.1, 0.15) is 17.4 Å². The zero-order chi connectivity index (χ0) is 18.7. The summed E-state index contributed by atoms with van der Waals surface area (Å²) in [5, 5.41) is 10.1. The molecule has 2 N–H and O–H groups in total. The minimum absolute atomic E-state index is 0.115. The third-order valence-electron chi connectivity index (χ3n) is 4.49. The van der Waals surface area contributed by atoms with E-state index in [0.29, 0.717) is 17.0 Å². The highest BCUT2D eigenvalue weighted by molar-refractivity contribution is 5.95. The molecule has 8 nitrogen and oxygen atoms in total. The summed E-state index contributed by atoms with van der Waals surface area (Å²) in [7, 11) is 1.53. The van der Waals surface area contributed by atoms with Crippen LogP contribution in [0.1, 0.15) is 33.7 Å². The summed E-state index contributed by atoms with van der Waals surface area (Å²) in [5.74, 6) is 0.298. The van der Waals surface area contributed by atoms with Crippen LogP contribution in [0.4, 0.5) is 0 Å². The summed E-state index contributed by atoms with van der Waals surface area (Å²) < 4.78 is 7.08. The Morgan fingerprint density at radius 1 is 1.46 bits per heavy atom. The number of hydrogen-bond acceptors (Lipinski definition) is 6. The first-order valence-electron chi connectivity index (χ1n) is 8.60. The van der Waals surface area contributed by atoms with Gasteiger partial charge in [-0.05, 0) is 38.4 Å². The van der Waals surface area contributed by atoms with Crippen molar-refractivity contribution in [3.8, 4) is 5.75 Å². The number of nitrogens with zero attached hydrogens (tertiary/aromatic N) is 3. The van der Waals surface area contributed by atoms with Crippen LogP contribution in [0.25, 0.3) is 0 Å². The molecule has 0 aliphatic carbocycles. The van der Waals surface area contributed by atoms with E-state index in [4.69, 9.17) is 4.74 Å².